The standard InChI is InChI=1S/C16H12ClF4N3O2/c17-10-5-8(18)1-2-12(10)24-4-3-11(23-24)13-9-6-22-7-15(9,13)26-14(25)16(19,20)21/h1-5,9,13,22H,6-7H2/t9-,13-,15-/m1/s1. The highest BCUT2D eigenvalue weighted by molar-refractivity contribution is 6.32. The van der Waals surface area contributed by atoms with Crippen LogP contribution >= 0.6 is 11.6 Å². The Hall–Kier alpha value is -2.13. The zero-order valence-corrected chi connectivity index (χ0v) is 13.8. The van der Waals surface area contributed by atoms with Gasteiger partial charge in [0.2, 0.25) is 0 Å². The highest BCUT2D eigenvalue weighted by Gasteiger charge is 2.73. The van der Waals surface area contributed by atoms with Gasteiger partial charge in [0.15, 0.2) is 0 Å². The van der Waals surface area contributed by atoms with E-state index in [9.17, 15) is 22.4 Å². The molecule has 1 saturated heterocycles. The summed E-state index contributed by atoms with van der Waals surface area (Å²) in [6.45, 7) is 0.564. The summed E-state index contributed by atoms with van der Waals surface area (Å²) in [6.07, 6.45) is -3.47. The van der Waals surface area contributed by atoms with Crippen LogP contribution in [0.5, 0.6) is 0 Å². The molecule has 2 fully saturated rings. The van der Waals surface area contributed by atoms with Gasteiger partial charge in [-0.2, -0.15) is 18.3 Å². The summed E-state index contributed by atoms with van der Waals surface area (Å²) in [5.74, 6) is -3.40. The summed E-state index contributed by atoms with van der Waals surface area (Å²) in [5, 5.41) is 7.42. The van der Waals surface area contributed by atoms with E-state index in [4.69, 9.17) is 16.3 Å². The molecule has 1 aliphatic carbocycles. The number of piperidine rings is 1. The number of carbonyl (C=O) groups is 1. The Morgan fingerprint density at radius 1 is 1.38 bits per heavy atom. The lowest BCUT2D eigenvalue weighted by Gasteiger charge is -2.17. The minimum absolute atomic E-state index is 0.133. The molecule has 1 aromatic heterocycles. The first-order valence-electron chi connectivity index (χ1n) is 7.74. The van der Waals surface area contributed by atoms with Crippen LogP contribution in [0.2, 0.25) is 5.02 Å². The number of nitrogens with zero attached hydrogens (tertiary/aromatic N) is 2. The number of fused-ring (bicyclic) bond motifs is 1. The Morgan fingerprint density at radius 2 is 2.15 bits per heavy atom. The molecule has 138 valence electrons. The van der Waals surface area contributed by atoms with Gasteiger partial charge in [0, 0.05) is 25.2 Å². The third kappa shape index (κ3) is 2.66. The van der Waals surface area contributed by atoms with Crippen LogP contribution in [0.15, 0.2) is 30.5 Å². The van der Waals surface area contributed by atoms with E-state index in [0.29, 0.717) is 17.9 Å². The molecule has 10 heteroatoms. The van der Waals surface area contributed by atoms with Crippen molar-refractivity contribution in [1.29, 1.82) is 0 Å². The van der Waals surface area contributed by atoms with Crippen LogP contribution in [0.25, 0.3) is 5.69 Å². The molecular formula is C16H12ClF4N3O2. The average Bonchev–Trinajstić information content (AvgIpc) is 2.93. The van der Waals surface area contributed by atoms with Crippen molar-refractivity contribution in [3.8, 4) is 5.69 Å². The van der Waals surface area contributed by atoms with Crippen LogP contribution < -0.4 is 5.32 Å². The second-order valence-corrected chi connectivity index (χ2v) is 6.75. The maximum Gasteiger partial charge on any atom is 0.490 e. The van der Waals surface area contributed by atoms with Gasteiger partial charge in [-0.3, -0.25) is 0 Å². The third-order valence-electron chi connectivity index (χ3n) is 4.81. The quantitative estimate of drug-likeness (QED) is 0.648. The fraction of sp³-hybridized carbons (Fsp3) is 0.375. The van der Waals surface area contributed by atoms with Crippen LogP contribution in [0.4, 0.5) is 17.6 Å². The summed E-state index contributed by atoms with van der Waals surface area (Å²) in [4.78, 5) is 11.3. The Labute approximate surface area is 149 Å². The molecule has 5 nitrogen and oxygen atoms in total. The predicted octanol–water partition coefficient (Wildman–Crippen LogP) is 2.83. The van der Waals surface area contributed by atoms with Crippen LogP contribution in [0.3, 0.4) is 0 Å². The van der Waals surface area contributed by atoms with Crippen molar-refractivity contribution in [2.24, 2.45) is 5.92 Å². The van der Waals surface area contributed by atoms with Crippen molar-refractivity contribution in [1.82, 2.24) is 15.1 Å². The van der Waals surface area contributed by atoms with Crippen LogP contribution in [0, 0.1) is 11.7 Å². The number of hydrogen-bond donors (Lipinski definition) is 1. The molecule has 0 unspecified atom stereocenters. The first kappa shape index (κ1) is 17.3. The van der Waals surface area contributed by atoms with Crippen molar-refractivity contribution >= 4 is 17.6 Å². The van der Waals surface area contributed by atoms with E-state index >= 15 is 0 Å². The van der Waals surface area contributed by atoms with Gasteiger partial charge < -0.3 is 10.1 Å². The molecule has 26 heavy (non-hydrogen) atoms. The second-order valence-electron chi connectivity index (χ2n) is 6.34. The Kier molecular flexibility index (Phi) is 3.78. The van der Waals surface area contributed by atoms with Crippen molar-refractivity contribution in [3.05, 3.63) is 47.0 Å². The minimum Gasteiger partial charge on any atom is -0.450 e. The Bertz CT molecular complexity index is 885. The molecule has 0 bridgehead atoms. The molecule has 0 radical (unpaired) electrons. The van der Waals surface area contributed by atoms with Crippen LogP contribution in [-0.2, 0) is 9.53 Å². The number of benzene rings is 1. The normalized spacial score (nSPS) is 27.3. The van der Waals surface area contributed by atoms with Gasteiger partial charge >= 0.3 is 12.1 Å². The highest BCUT2D eigenvalue weighted by atomic mass is 35.5. The molecule has 1 N–H and O–H groups in total. The van der Waals surface area contributed by atoms with E-state index in [1.165, 1.54) is 16.8 Å². The fourth-order valence-corrected chi connectivity index (χ4v) is 3.87. The van der Waals surface area contributed by atoms with Gasteiger partial charge in [0.05, 0.1) is 22.3 Å². The number of nitrogens with one attached hydrogen (secondary N) is 1. The van der Waals surface area contributed by atoms with E-state index in [1.54, 1.807) is 12.3 Å². The van der Waals surface area contributed by atoms with Crippen LogP contribution in [0.1, 0.15) is 11.6 Å². The summed E-state index contributed by atoms with van der Waals surface area (Å²) in [6, 6.07) is 5.45. The van der Waals surface area contributed by atoms with E-state index in [-0.39, 0.29) is 17.5 Å². The molecule has 2 heterocycles. The second kappa shape index (κ2) is 5.68. The zero-order chi connectivity index (χ0) is 18.7. The zero-order valence-electron chi connectivity index (χ0n) is 13.1. The first-order chi connectivity index (χ1) is 12.2. The van der Waals surface area contributed by atoms with E-state index in [0.717, 1.165) is 6.07 Å². The number of esters is 1. The maximum atomic E-state index is 13.2. The van der Waals surface area contributed by atoms with Gasteiger partial charge in [-0.15, -0.1) is 0 Å². The van der Waals surface area contributed by atoms with E-state index < -0.39 is 29.5 Å². The smallest absolute Gasteiger partial charge is 0.450 e. The minimum atomic E-state index is -5.05. The van der Waals surface area contributed by atoms with E-state index in [2.05, 4.69) is 10.4 Å². The summed E-state index contributed by atoms with van der Waals surface area (Å²) >= 11 is 6.01. The van der Waals surface area contributed by atoms with Crippen molar-refractivity contribution in [3.63, 3.8) is 0 Å². The van der Waals surface area contributed by atoms with Crippen LogP contribution in [-0.4, -0.2) is 40.6 Å². The lowest BCUT2D eigenvalue weighted by molar-refractivity contribution is -0.207. The SMILES string of the molecule is O=C(O[C@]12CNC[C@@H]1[C@@H]2c1ccn(-c2ccc(F)cc2Cl)n1)C(F)(F)F. The fourth-order valence-electron chi connectivity index (χ4n) is 3.61. The lowest BCUT2D eigenvalue weighted by atomic mass is 10.2. The number of hydrogen-bond acceptors (Lipinski definition) is 4. The van der Waals surface area contributed by atoms with Gasteiger partial charge in [0.1, 0.15) is 11.4 Å². The van der Waals surface area contributed by atoms with Crippen molar-refractivity contribution < 1.29 is 27.1 Å². The van der Waals surface area contributed by atoms with Gasteiger partial charge in [-0.25, -0.2) is 13.9 Å². The third-order valence-corrected chi connectivity index (χ3v) is 5.11. The molecule has 2 aliphatic rings. The summed E-state index contributed by atoms with van der Waals surface area (Å²) < 4.78 is 57.1. The van der Waals surface area contributed by atoms with Gasteiger partial charge in [-0.05, 0) is 24.3 Å². The highest BCUT2D eigenvalue weighted by Crippen LogP contribution is 2.61. The number of aromatic nitrogens is 2. The topological polar surface area (TPSA) is 56.1 Å². The molecule has 4 rings (SSSR count). The summed E-state index contributed by atoms with van der Waals surface area (Å²) in [5.41, 5.74) is -0.310. The monoisotopic (exact) mass is 389 g/mol. The number of alkyl halides is 3. The molecule has 1 saturated carbocycles. The maximum absolute atomic E-state index is 13.2. The first-order valence-corrected chi connectivity index (χ1v) is 8.12. The number of rotatable bonds is 3. The number of carbonyl (C=O) groups excluding carboxylic acids is 1. The molecule has 0 spiro atoms. The van der Waals surface area contributed by atoms with Gasteiger partial charge in [-0.1, -0.05) is 11.6 Å². The predicted molar refractivity (Wildman–Crippen MR) is 82.5 cm³/mol. The Morgan fingerprint density at radius 3 is 2.85 bits per heavy atom. The number of halogens is 5. The molecule has 1 aliphatic heterocycles. The van der Waals surface area contributed by atoms with Gasteiger partial charge in [0.25, 0.3) is 0 Å². The largest absolute Gasteiger partial charge is 0.490 e. The Balaban J connectivity index is 1.59. The molecule has 1 aromatic carbocycles. The number of ether oxygens (including phenoxy) is 1. The van der Waals surface area contributed by atoms with Crippen molar-refractivity contribution in [2.75, 3.05) is 13.1 Å². The average molecular weight is 390 g/mol. The molecule has 0 amide bonds. The molecule has 2 aromatic rings. The van der Waals surface area contributed by atoms with E-state index in [1.807, 2.05) is 0 Å². The van der Waals surface area contributed by atoms with Crippen molar-refractivity contribution in [2.45, 2.75) is 17.7 Å². The summed E-state index contributed by atoms with van der Waals surface area (Å²) in [7, 11) is 0. The molecule has 3 atom stereocenters. The lowest BCUT2D eigenvalue weighted by Crippen LogP contribution is -2.35. The molecular weight excluding hydrogens is 378 g/mol.